The topological polar surface area (TPSA) is 132 Å². The first-order chi connectivity index (χ1) is 21.0. The van der Waals surface area contributed by atoms with Gasteiger partial charge in [-0.1, -0.05) is 65.0 Å². The average molecular weight is 596 g/mol. The summed E-state index contributed by atoms with van der Waals surface area (Å²) in [7, 11) is 0. The number of fused-ring (bicyclic) bond motifs is 4. The van der Waals surface area contributed by atoms with Crippen molar-refractivity contribution >= 4 is 17.5 Å². The van der Waals surface area contributed by atoms with Gasteiger partial charge in [0.1, 0.15) is 29.5 Å². The van der Waals surface area contributed by atoms with Gasteiger partial charge in [0.25, 0.3) is 0 Å². The molecule has 0 saturated carbocycles. The van der Waals surface area contributed by atoms with Crippen molar-refractivity contribution in [1.82, 2.24) is 20.6 Å². The minimum absolute atomic E-state index is 0.0912. The molecule has 7 rings (SSSR count). The van der Waals surface area contributed by atoms with Gasteiger partial charge in [-0.25, -0.2) is 9.97 Å². The van der Waals surface area contributed by atoms with Crippen molar-refractivity contribution in [2.24, 2.45) is 11.3 Å². The Morgan fingerprint density at radius 1 is 1.14 bits per heavy atom. The van der Waals surface area contributed by atoms with Crippen LogP contribution in [-0.2, 0) is 21.4 Å². The molecular formula is C34H37N5O5. The molecule has 3 N–H and O–H groups in total. The normalized spacial score (nSPS) is 23.5. The summed E-state index contributed by atoms with van der Waals surface area (Å²) < 4.78 is 19.3. The van der Waals surface area contributed by atoms with Gasteiger partial charge in [-0.15, -0.1) is 0 Å². The highest BCUT2D eigenvalue weighted by atomic mass is 16.5. The van der Waals surface area contributed by atoms with Crippen LogP contribution in [0.25, 0.3) is 11.6 Å². The molecule has 0 radical (unpaired) electrons. The Labute approximate surface area is 256 Å². The summed E-state index contributed by atoms with van der Waals surface area (Å²) in [5, 5.41) is 9.78. The number of oxazole rings is 2. The fourth-order valence-corrected chi connectivity index (χ4v) is 6.42. The smallest absolute Gasteiger partial charge is 0.249 e. The number of ether oxygens (including phenoxy) is 1. The van der Waals surface area contributed by atoms with E-state index in [1.807, 2.05) is 71.9 Å². The molecular weight excluding hydrogens is 558 g/mol. The monoisotopic (exact) mass is 595 g/mol. The van der Waals surface area contributed by atoms with E-state index in [1.165, 1.54) is 0 Å². The third-order valence-electron chi connectivity index (χ3n) is 9.36. The summed E-state index contributed by atoms with van der Waals surface area (Å²) in [5.74, 6) is 1.30. The average Bonchev–Trinajstić information content (AvgIpc) is 3.75. The lowest BCUT2D eigenvalue weighted by Gasteiger charge is -2.30. The Bertz CT molecular complexity index is 1790. The fraction of sp³-hybridized carbons (Fsp3) is 0.412. The first-order valence-corrected chi connectivity index (χ1v) is 15.2. The Morgan fingerprint density at radius 2 is 1.93 bits per heavy atom. The molecule has 10 heteroatoms. The van der Waals surface area contributed by atoms with Gasteiger partial charge >= 0.3 is 0 Å². The van der Waals surface area contributed by atoms with E-state index in [1.54, 1.807) is 6.26 Å². The van der Waals surface area contributed by atoms with Gasteiger partial charge < -0.3 is 29.5 Å². The van der Waals surface area contributed by atoms with Crippen LogP contribution in [0.4, 0.5) is 5.69 Å². The SMILES string of the molecule is CCC(C)(C)C(=O)N[C@H]1Cc2ccc3c(c2)C2(c4ccccc4NC2O3)c2oc(nc2-c2nc(C)co2)[C@H](C(C)C)NC1=O. The molecule has 2 aromatic heterocycles. The van der Waals surface area contributed by atoms with Gasteiger partial charge in [-0.2, -0.15) is 0 Å². The van der Waals surface area contributed by atoms with E-state index in [0.717, 1.165) is 22.4 Å². The molecule has 4 bridgehead atoms. The third-order valence-corrected chi connectivity index (χ3v) is 9.36. The van der Waals surface area contributed by atoms with Crippen LogP contribution in [0.5, 0.6) is 5.75 Å². The van der Waals surface area contributed by atoms with Crippen LogP contribution in [0.3, 0.4) is 0 Å². The van der Waals surface area contributed by atoms with Gasteiger partial charge in [-0.05, 0) is 42.5 Å². The zero-order valence-electron chi connectivity index (χ0n) is 25.8. The lowest BCUT2D eigenvalue weighted by molar-refractivity contribution is -0.134. The predicted octanol–water partition coefficient (Wildman–Crippen LogP) is 5.41. The van der Waals surface area contributed by atoms with Gasteiger partial charge in [0.2, 0.25) is 23.6 Å². The summed E-state index contributed by atoms with van der Waals surface area (Å²) in [4.78, 5) is 37.0. The van der Waals surface area contributed by atoms with Crippen LogP contribution in [0, 0.1) is 18.3 Å². The Kier molecular flexibility index (Phi) is 6.39. The molecule has 2 unspecified atom stereocenters. The number of anilines is 1. The first-order valence-electron chi connectivity index (χ1n) is 15.2. The largest absolute Gasteiger partial charge is 0.469 e. The van der Waals surface area contributed by atoms with Crippen molar-refractivity contribution in [3.05, 3.63) is 82.8 Å². The number of hydrogen-bond acceptors (Lipinski definition) is 8. The van der Waals surface area contributed by atoms with E-state index < -0.39 is 29.1 Å². The highest BCUT2D eigenvalue weighted by molar-refractivity contribution is 5.90. The number of nitrogens with one attached hydrogen (secondary N) is 3. The van der Waals surface area contributed by atoms with E-state index in [2.05, 4.69) is 33.1 Å². The molecule has 0 aliphatic carbocycles. The summed E-state index contributed by atoms with van der Waals surface area (Å²) in [6.45, 7) is 11.6. The van der Waals surface area contributed by atoms with Crippen LogP contribution in [0.2, 0.25) is 0 Å². The number of aryl methyl sites for hydroxylation is 1. The maximum absolute atomic E-state index is 14.0. The Morgan fingerprint density at radius 3 is 2.66 bits per heavy atom. The van der Waals surface area contributed by atoms with Crippen LogP contribution >= 0.6 is 0 Å². The highest BCUT2D eigenvalue weighted by Gasteiger charge is 2.61. The van der Waals surface area contributed by atoms with Crippen molar-refractivity contribution in [3.63, 3.8) is 0 Å². The van der Waals surface area contributed by atoms with E-state index >= 15 is 0 Å². The maximum atomic E-state index is 14.0. The van der Waals surface area contributed by atoms with Crippen molar-refractivity contribution < 1.29 is 23.2 Å². The van der Waals surface area contributed by atoms with Crippen molar-refractivity contribution in [2.45, 2.75) is 78.1 Å². The summed E-state index contributed by atoms with van der Waals surface area (Å²) in [6, 6.07) is 12.6. The number of hydrogen-bond donors (Lipinski definition) is 3. The van der Waals surface area contributed by atoms with Gasteiger partial charge in [0, 0.05) is 23.1 Å². The lowest BCUT2D eigenvalue weighted by atomic mass is 9.72. The third kappa shape index (κ3) is 4.14. The highest BCUT2D eigenvalue weighted by Crippen LogP contribution is 2.59. The zero-order valence-corrected chi connectivity index (χ0v) is 25.8. The molecule has 0 fully saturated rings. The summed E-state index contributed by atoms with van der Waals surface area (Å²) in [5.41, 5.74) is 3.25. The number of aromatic nitrogens is 2. The number of benzene rings is 2. The standard InChI is InChI=1S/C34H37N5O5/c1-7-33(5,6)31(41)36-23-15-19-12-13-24-21(14-19)34(20-10-8-9-11-22(20)37-32(34)43-24)27-26(29-35-18(4)16-42-29)39-30(44-27)25(17(2)3)38-28(23)40/h8-14,16-17,23,25,32,37H,7,15H2,1-6H3,(H,36,41)(H,38,40)/t23-,25-,32?,34?/m0/s1. The molecule has 4 atom stereocenters. The second-order valence-corrected chi connectivity index (χ2v) is 13.0. The van der Waals surface area contributed by atoms with Gasteiger partial charge in [0.05, 0.1) is 5.69 Å². The molecule has 3 aliphatic rings. The first kappa shape index (κ1) is 28.2. The van der Waals surface area contributed by atoms with E-state index in [0.29, 0.717) is 47.5 Å². The van der Waals surface area contributed by atoms with Gasteiger partial charge in [-0.3, -0.25) is 9.59 Å². The summed E-state index contributed by atoms with van der Waals surface area (Å²) >= 11 is 0. The molecule has 5 heterocycles. The van der Waals surface area contributed by atoms with Crippen LogP contribution < -0.4 is 20.7 Å². The maximum Gasteiger partial charge on any atom is 0.249 e. The molecule has 2 amide bonds. The Hall–Kier alpha value is -4.60. The van der Waals surface area contributed by atoms with Crippen molar-refractivity contribution in [2.75, 3.05) is 5.32 Å². The molecule has 3 aliphatic heterocycles. The molecule has 1 spiro atoms. The number of amides is 2. The lowest BCUT2D eigenvalue weighted by Crippen LogP contribution is -2.52. The van der Waals surface area contributed by atoms with Crippen molar-refractivity contribution in [3.8, 4) is 17.3 Å². The molecule has 10 nitrogen and oxygen atoms in total. The Balaban J connectivity index is 1.49. The number of carbonyl (C=O) groups excluding carboxylic acids is 2. The van der Waals surface area contributed by atoms with Crippen LogP contribution in [0.1, 0.15) is 81.1 Å². The molecule has 2 aromatic carbocycles. The zero-order chi connectivity index (χ0) is 31.0. The van der Waals surface area contributed by atoms with E-state index in [9.17, 15) is 9.59 Å². The number of para-hydroxylation sites is 1. The van der Waals surface area contributed by atoms with Gasteiger partial charge in [0.15, 0.2) is 17.7 Å². The number of rotatable bonds is 5. The van der Waals surface area contributed by atoms with E-state index in [-0.39, 0.29) is 17.7 Å². The number of nitrogens with zero attached hydrogens (tertiary/aromatic N) is 2. The van der Waals surface area contributed by atoms with E-state index in [4.69, 9.17) is 18.6 Å². The molecule has 0 saturated heterocycles. The second-order valence-electron chi connectivity index (χ2n) is 13.0. The molecule has 228 valence electrons. The quantitative estimate of drug-likeness (QED) is 0.279. The fourth-order valence-electron chi connectivity index (χ4n) is 6.42. The van der Waals surface area contributed by atoms with Crippen molar-refractivity contribution in [1.29, 1.82) is 0 Å². The molecule has 4 aromatic rings. The molecule has 44 heavy (non-hydrogen) atoms. The minimum Gasteiger partial charge on any atom is -0.469 e. The number of carbonyl (C=O) groups is 2. The predicted molar refractivity (Wildman–Crippen MR) is 163 cm³/mol. The second kappa shape index (κ2) is 9.97. The van der Waals surface area contributed by atoms with Crippen LogP contribution in [-0.4, -0.2) is 34.1 Å². The minimum atomic E-state index is -0.932. The summed E-state index contributed by atoms with van der Waals surface area (Å²) in [6.07, 6.45) is 1.98. The van der Waals surface area contributed by atoms with Crippen LogP contribution in [0.15, 0.2) is 57.6 Å².